The molecule has 1 N–H and O–H groups in total. The molecule has 0 radical (unpaired) electrons. The van der Waals surface area contributed by atoms with Crippen LogP contribution in [0.1, 0.15) is 44.0 Å². The average molecular weight is 386 g/mol. The Morgan fingerprint density at radius 3 is 2.52 bits per heavy atom. The maximum atomic E-state index is 12.3. The molecule has 2 amide bonds. The number of hydrogen-bond donors (Lipinski definition) is 1. The zero-order chi connectivity index (χ0) is 18.4. The SMILES string of the molecule is CC(C)(C)OC(=O)N1CC2(CC(NC(=O)c3cnc(Cl)cc3Cl)C2)C1. The van der Waals surface area contributed by atoms with Gasteiger partial charge in [-0.3, -0.25) is 4.79 Å². The van der Waals surface area contributed by atoms with Crippen LogP contribution in [0, 0.1) is 5.41 Å². The van der Waals surface area contributed by atoms with Crippen molar-refractivity contribution in [3.8, 4) is 0 Å². The lowest BCUT2D eigenvalue weighted by atomic mass is 9.61. The van der Waals surface area contributed by atoms with Gasteiger partial charge < -0.3 is 15.0 Å². The van der Waals surface area contributed by atoms with E-state index in [2.05, 4.69) is 10.3 Å². The number of likely N-dealkylation sites (tertiary alicyclic amines) is 1. The Morgan fingerprint density at radius 1 is 1.32 bits per heavy atom. The molecular formula is C17H21Cl2N3O3. The first-order valence-corrected chi connectivity index (χ1v) is 8.92. The first kappa shape index (κ1) is 18.3. The van der Waals surface area contributed by atoms with Gasteiger partial charge in [0.1, 0.15) is 10.8 Å². The Bertz CT molecular complexity index is 704. The van der Waals surface area contributed by atoms with E-state index in [0.29, 0.717) is 18.7 Å². The van der Waals surface area contributed by atoms with Crippen LogP contribution < -0.4 is 5.32 Å². The lowest BCUT2D eigenvalue weighted by Crippen LogP contribution is -2.67. The van der Waals surface area contributed by atoms with Crippen LogP contribution in [-0.4, -0.2) is 46.6 Å². The zero-order valence-corrected chi connectivity index (χ0v) is 15.9. The summed E-state index contributed by atoms with van der Waals surface area (Å²) in [4.78, 5) is 29.8. The van der Waals surface area contributed by atoms with Gasteiger partial charge in [0.15, 0.2) is 0 Å². The zero-order valence-electron chi connectivity index (χ0n) is 14.4. The molecule has 2 aliphatic rings. The molecule has 8 heteroatoms. The van der Waals surface area contributed by atoms with Crippen molar-refractivity contribution in [2.45, 2.75) is 45.3 Å². The minimum atomic E-state index is -0.484. The highest BCUT2D eigenvalue weighted by Crippen LogP contribution is 2.48. The van der Waals surface area contributed by atoms with Gasteiger partial charge in [0, 0.05) is 30.7 Å². The van der Waals surface area contributed by atoms with Crippen molar-refractivity contribution in [1.29, 1.82) is 0 Å². The van der Waals surface area contributed by atoms with Crippen LogP contribution in [0.15, 0.2) is 12.3 Å². The molecule has 1 aromatic rings. The molecule has 0 unspecified atom stereocenters. The summed E-state index contributed by atoms with van der Waals surface area (Å²) in [6.07, 6.45) is 2.79. The van der Waals surface area contributed by atoms with E-state index in [1.807, 2.05) is 20.8 Å². The lowest BCUT2D eigenvalue weighted by Gasteiger charge is -2.58. The lowest BCUT2D eigenvalue weighted by molar-refractivity contribution is -0.0812. The molecule has 1 aromatic heterocycles. The molecule has 1 aliphatic heterocycles. The maximum absolute atomic E-state index is 12.3. The van der Waals surface area contributed by atoms with Gasteiger partial charge in [0.25, 0.3) is 5.91 Å². The van der Waals surface area contributed by atoms with Gasteiger partial charge in [-0.1, -0.05) is 23.2 Å². The molecule has 25 heavy (non-hydrogen) atoms. The number of nitrogens with one attached hydrogen (secondary N) is 1. The predicted molar refractivity (Wildman–Crippen MR) is 95.0 cm³/mol. The van der Waals surface area contributed by atoms with Gasteiger partial charge >= 0.3 is 6.09 Å². The fourth-order valence-electron chi connectivity index (χ4n) is 3.40. The molecule has 1 saturated heterocycles. The molecule has 0 aromatic carbocycles. The van der Waals surface area contributed by atoms with E-state index in [9.17, 15) is 9.59 Å². The smallest absolute Gasteiger partial charge is 0.410 e. The van der Waals surface area contributed by atoms with Gasteiger partial charge in [0.2, 0.25) is 0 Å². The number of carbonyl (C=O) groups excluding carboxylic acids is 2. The molecule has 2 heterocycles. The summed E-state index contributed by atoms with van der Waals surface area (Å²) in [5, 5.41) is 3.49. The number of hydrogen-bond acceptors (Lipinski definition) is 4. The van der Waals surface area contributed by atoms with Crippen LogP contribution >= 0.6 is 23.2 Å². The highest BCUT2D eigenvalue weighted by Gasteiger charge is 2.54. The maximum Gasteiger partial charge on any atom is 0.410 e. The number of ether oxygens (including phenoxy) is 1. The van der Waals surface area contributed by atoms with E-state index in [4.69, 9.17) is 27.9 Å². The Morgan fingerprint density at radius 2 is 1.96 bits per heavy atom. The number of carbonyl (C=O) groups is 2. The Balaban J connectivity index is 1.46. The minimum absolute atomic E-state index is 0.0834. The third kappa shape index (κ3) is 4.01. The normalized spacial score (nSPS) is 19.2. The van der Waals surface area contributed by atoms with Crippen LogP contribution in [0.3, 0.4) is 0 Å². The van der Waals surface area contributed by atoms with E-state index in [1.54, 1.807) is 4.90 Å². The highest BCUT2D eigenvalue weighted by molar-refractivity contribution is 6.36. The van der Waals surface area contributed by atoms with Crippen LogP contribution in [0.4, 0.5) is 4.79 Å². The summed E-state index contributed by atoms with van der Waals surface area (Å²) in [5.41, 5.74) is -0.0605. The quantitative estimate of drug-likeness (QED) is 0.790. The summed E-state index contributed by atoms with van der Waals surface area (Å²) in [6, 6.07) is 1.53. The third-order valence-corrected chi connectivity index (χ3v) is 4.98. The largest absolute Gasteiger partial charge is 0.444 e. The van der Waals surface area contributed by atoms with E-state index in [-0.39, 0.29) is 33.6 Å². The van der Waals surface area contributed by atoms with Crippen molar-refractivity contribution < 1.29 is 14.3 Å². The summed E-state index contributed by atoms with van der Waals surface area (Å²) >= 11 is 11.8. The summed E-state index contributed by atoms with van der Waals surface area (Å²) in [7, 11) is 0. The van der Waals surface area contributed by atoms with Crippen molar-refractivity contribution >= 4 is 35.2 Å². The molecule has 6 nitrogen and oxygen atoms in total. The molecule has 1 aliphatic carbocycles. The number of rotatable bonds is 2. The first-order valence-electron chi connectivity index (χ1n) is 8.17. The summed E-state index contributed by atoms with van der Waals surface area (Å²) in [6.45, 7) is 6.92. The van der Waals surface area contributed by atoms with Crippen LogP contribution in [0.2, 0.25) is 10.2 Å². The van der Waals surface area contributed by atoms with Crippen molar-refractivity contribution in [3.63, 3.8) is 0 Å². The number of amides is 2. The average Bonchev–Trinajstić information content (AvgIpc) is 2.37. The standard InChI is InChI=1S/C17H21Cl2N3O3/c1-16(2,3)25-15(24)22-8-17(9-22)5-10(6-17)21-14(23)11-7-20-13(19)4-12(11)18/h4,7,10H,5-6,8-9H2,1-3H3,(H,21,23). The van der Waals surface area contributed by atoms with E-state index in [0.717, 1.165) is 12.8 Å². The van der Waals surface area contributed by atoms with Crippen LogP contribution in [-0.2, 0) is 4.74 Å². The Hall–Kier alpha value is -1.53. The fraction of sp³-hybridized carbons (Fsp3) is 0.588. The molecule has 1 saturated carbocycles. The second kappa shape index (κ2) is 6.32. The van der Waals surface area contributed by atoms with Gasteiger partial charge in [-0.05, 0) is 39.7 Å². The monoisotopic (exact) mass is 385 g/mol. The van der Waals surface area contributed by atoms with Crippen molar-refractivity contribution in [3.05, 3.63) is 28.0 Å². The molecular weight excluding hydrogens is 365 g/mol. The number of halogens is 2. The molecule has 1 spiro atoms. The summed E-state index contributed by atoms with van der Waals surface area (Å²) < 4.78 is 5.36. The molecule has 136 valence electrons. The van der Waals surface area contributed by atoms with Crippen LogP contribution in [0.5, 0.6) is 0 Å². The molecule has 0 atom stereocenters. The van der Waals surface area contributed by atoms with Gasteiger partial charge in [-0.15, -0.1) is 0 Å². The van der Waals surface area contributed by atoms with Crippen LogP contribution in [0.25, 0.3) is 0 Å². The second-order valence-corrected chi connectivity index (χ2v) is 8.70. The van der Waals surface area contributed by atoms with Crippen molar-refractivity contribution in [1.82, 2.24) is 15.2 Å². The Kier molecular flexibility index (Phi) is 4.62. The number of nitrogens with zero attached hydrogens (tertiary/aromatic N) is 2. The second-order valence-electron chi connectivity index (χ2n) is 7.90. The van der Waals surface area contributed by atoms with E-state index < -0.39 is 5.60 Å². The van der Waals surface area contributed by atoms with Gasteiger partial charge in [-0.25, -0.2) is 9.78 Å². The first-order chi connectivity index (χ1) is 11.6. The van der Waals surface area contributed by atoms with E-state index >= 15 is 0 Å². The van der Waals surface area contributed by atoms with Crippen molar-refractivity contribution in [2.24, 2.45) is 5.41 Å². The van der Waals surface area contributed by atoms with Gasteiger partial charge in [-0.2, -0.15) is 0 Å². The molecule has 2 fully saturated rings. The fourth-order valence-corrected chi connectivity index (χ4v) is 3.85. The van der Waals surface area contributed by atoms with E-state index in [1.165, 1.54) is 12.3 Å². The Labute approximate surface area is 156 Å². The highest BCUT2D eigenvalue weighted by atomic mass is 35.5. The van der Waals surface area contributed by atoms with Crippen molar-refractivity contribution in [2.75, 3.05) is 13.1 Å². The third-order valence-electron chi connectivity index (χ3n) is 4.46. The number of pyridine rings is 1. The molecule has 3 rings (SSSR count). The van der Waals surface area contributed by atoms with Gasteiger partial charge in [0.05, 0.1) is 10.6 Å². The molecule has 0 bridgehead atoms. The topological polar surface area (TPSA) is 71.5 Å². The minimum Gasteiger partial charge on any atom is -0.444 e. The predicted octanol–water partition coefficient (Wildman–Crippen LogP) is 3.52. The number of aromatic nitrogens is 1. The summed E-state index contributed by atoms with van der Waals surface area (Å²) in [5.74, 6) is -0.252.